The fraction of sp³-hybridized carbons (Fsp3) is 0.273. The number of aliphatic carboxylic acids is 1. The van der Waals surface area contributed by atoms with E-state index in [1.54, 1.807) is 31.2 Å². The van der Waals surface area contributed by atoms with Gasteiger partial charge in [-0.05, 0) is 12.5 Å². The van der Waals surface area contributed by atoms with E-state index in [1.165, 1.54) is 6.92 Å². The summed E-state index contributed by atoms with van der Waals surface area (Å²) in [5.41, 5.74) is 1.28. The zero-order chi connectivity index (χ0) is 11.4. The summed E-state index contributed by atoms with van der Waals surface area (Å²) in [6.07, 6.45) is -1.22. The molecular formula is C11H12O4. The molecule has 0 saturated heterocycles. The van der Waals surface area contributed by atoms with Gasteiger partial charge in [0.2, 0.25) is 6.10 Å². The molecule has 1 atom stereocenters. The van der Waals surface area contributed by atoms with Crippen LogP contribution in [0.4, 0.5) is 0 Å². The summed E-state index contributed by atoms with van der Waals surface area (Å²) in [5.74, 6) is -1.77. The van der Waals surface area contributed by atoms with Gasteiger partial charge in [-0.25, -0.2) is 4.79 Å². The average Bonchev–Trinajstić information content (AvgIpc) is 2.15. The third-order valence-corrected chi connectivity index (χ3v) is 1.98. The molecule has 1 unspecified atom stereocenters. The van der Waals surface area contributed by atoms with Crippen molar-refractivity contribution in [1.82, 2.24) is 0 Å². The highest BCUT2D eigenvalue weighted by atomic mass is 16.6. The average molecular weight is 208 g/mol. The van der Waals surface area contributed by atoms with Crippen molar-refractivity contribution < 1.29 is 19.4 Å². The lowest BCUT2D eigenvalue weighted by atomic mass is 10.0. The van der Waals surface area contributed by atoms with Crippen molar-refractivity contribution in [1.29, 1.82) is 0 Å². The predicted octanol–water partition coefficient (Wildman–Crippen LogP) is 1.68. The van der Waals surface area contributed by atoms with E-state index in [0.717, 1.165) is 5.56 Å². The third-order valence-electron chi connectivity index (χ3n) is 1.98. The molecule has 0 spiro atoms. The summed E-state index contributed by atoms with van der Waals surface area (Å²) in [5, 5.41) is 8.92. The van der Waals surface area contributed by atoms with E-state index >= 15 is 0 Å². The smallest absolute Gasteiger partial charge is 0.349 e. The van der Waals surface area contributed by atoms with Crippen molar-refractivity contribution in [2.75, 3.05) is 0 Å². The highest BCUT2D eigenvalue weighted by molar-refractivity contribution is 5.78. The fourth-order valence-corrected chi connectivity index (χ4v) is 1.29. The van der Waals surface area contributed by atoms with Crippen molar-refractivity contribution in [2.24, 2.45) is 0 Å². The van der Waals surface area contributed by atoms with Gasteiger partial charge in [0.05, 0.1) is 0 Å². The first-order valence-corrected chi connectivity index (χ1v) is 4.48. The van der Waals surface area contributed by atoms with Crippen molar-refractivity contribution in [3.63, 3.8) is 0 Å². The Morgan fingerprint density at radius 2 is 1.93 bits per heavy atom. The monoisotopic (exact) mass is 208 g/mol. The molecule has 1 aromatic rings. The molecule has 0 aromatic heterocycles. The van der Waals surface area contributed by atoms with Crippen molar-refractivity contribution in [3.8, 4) is 0 Å². The fourth-order valence-electron chi connectivity index (χ4n) is 1.29. The maximum atomic E-state index is 10.9. The van der Waals surface area contributed by atoms with Crippen LogP contribution in [0.2, 0.25) is 0 Å². The van der Waals surface area contributed by atoms with Crippen LogP contribution >= 0.6 is 0 Å². The van der Waals surface area contributed by atoms with Gasteiger partial charge < -0.3 is 9.84 Å². The lowest BCUT2D eigenvalue weighted by Crippen LogP contribution is -2.18. The van der Waals surface area contributed by atoms with Gasteiger partial charge in [-0.3, -0.25) is 4.79 Å². The van der Waals surface area contributed by atoms with Gasteiger partial charge in [0.15, 0.2) is 0 Å². The molecule has 0 aliphatic rings. The zero-order valence-corrected chi connectivity index (χ0v) is 8.56. The Balaban J connectivity index is 3.04. The first-order valence-electron chi connectivity index (χ1n) is 4.48. The Morgan fingerprint density at radius 1 is 1.33 bits per heavy atom. The van der Waals surface area contributed by atoms with E-state index in [2.05, 4.69) is 0 Å². The lowest BCUT2D eigenvalue weighted by molar-refractivity contribution is -0.163. The summed E-state index contributed by atoms with van der Waals surface area (Å²) in [6.45, 7) is 2.96. The SMILES string of the molecule is CC(=O)OC(C(=O)O)c1ccccc1C. The Bertz CT molecular complexity index is 384. The molecule has 0 heterocycles. The van der Waals surface area contributed by atoms with E-state index < -0.39 is 18.0 Å². The second-order valence-corrected chi connectivity index (χ2v) is 3.18. The highest BCUT2D eigenvalue weighted by Gasteiger charge is 2.24. The maximum absolute atomic E-state index is 10.9. The topological polar surface area (TPSA) is 63.6 Å². The lowest BCUT2D eigenvalue weighted by Gasteiger charge is -2.14. The second kappa shape index (κ2) is 4.59. The Kier molecular flexibility index (Phi) is 3.44. The number of carboxylic acid groups (broad SMARTS) is 1. The van der Waals surface area contributed by atoms with E-state index in [4.69, 9.17) is 9.84 Å². The highest BCUT2D eigenvalue weighted by Crippen LogP contribution is 2.21. The number of esters is 1. The molecule has 1 rings (SSSR count). The van der Waals surface area contributed by atoms with Crippen molar-refractivity contribution in [2.45, 2.75) is 20.0 Å². The van der Waals surface area contributed by atoms with Crippen molar-refractivity contribution >= 4 is 11.9 Å². The molecule has 0 aliphatic heterocycles. The third kappa shape index (κ3) is 2.80. The number of hydrogen-bond donors (Lipinski definition) is 1. The standard InChI is InChI=1S/C11H12O4/c1-7-5-3-4-6-9(7)10(11(13)14)15-8(2)12/h3-6,10H,1-2H3,(H,13,14). The minimum Gasteiger partial charge on any atom is -0.478 e. The van der Waals surface area contributed by atoms with Crippen LogP contribution in [-0.4, -0.2) is 17.0 Å². The van der Waals surface area contributed by atoms with Crippen LogP contribution < -0.4 is 0 Å². The molecule has 80 valence electrons. The summed E-state index contributed by atoms with van der Waals surface area (Å²) in [4.78, 5) is 21.7. The number of rotatable bonds is 3. The zero-order valence-electron chi connectivity index (χ0n) is 8.56. The quantitative estimate of drug-likeness (QED) is 0.767. The number of benzene rings is 1. The van der Waals surface area contributed by atoms with E-state index in [1.807, 2.05) is 0 Å². The van der Waals surface area contributed by atoms with E-state index in [0.29, 0.717) is 5.56 Å². The summed E-state index contributed by atoms with van der Waals surface area (Å²) < 4.78 is 4.74. The van der Waals surface area contributed by atoms with Gasteiger partial charge in [0.1, 0.15) is 0 Å². The predicted molar refractivity (Wildman–Crippen MR) is 53.3 cm³/mol. The summed E-state index contributed by atoms with van der Waals surface area (Å²) in [7, 11) is 0. The van der Waals surface area contributed by atoms with Crippen LogP contribution in [0, 0.1) is 6.92 Å². The molecule has 0 saturated carbocycles. The van der Waals surface area contributed by atoms with Crippen LogP contribution in [0.25, 0.3) is 0 Å². The maximum Gasteiger partial charge on any atom is 0.349 e. The molecule has 4 nitrogen and oxygen atoms in total. The van der Waals surface area contributed by atoms with Gasteiger partial charge >= 0.3 is 11.9 Å². The van der Waals surface area contributed by atoms with Crippen LogP contribution in [0.5, 0.6) is 0 Å². The van der Waals surface area contributed by atoms with Crippen LogP contribution in [0.3, 0.4) is 0 Å². The molecule has 0 aliphatic carbocycles. The minimum absolute atomic E-state index is 0.500. The largest absolute Gasteiger partial charge is 0.478 e. The van der Waals surface area contributed by atoms with E-state index in [-0.39, 0.29) is 0 Å². The normalized spacial score (nSPS) is 11.9. The second-order valence-electron chi connectivity index (χ2n) is 3.18. The molecule has 0 radical (unpaired) electrons. The van der Waals surface area contributed by atoms with Crippen LogP contribution in [-0.2, 0) is 14.3 Å². The minimum atomic E-state index is -1.22. The molecule has 1 N–H and O–H groups in total. The Morgan fingerprint density at radius 3 is 2.40 bits per heavy atom. The van der Waals surface area contributed by atoms with Crippen molar-refractivity contribution in [3.05, 3.63) is 35.4 Å². The first-order chi connectivity index (χ1) is 7.02. The van der Waals surface area contributed by atoms with Gasteiger partial charge in [-0.1, -0.05) is 24.3 Å². The number of aryl methyl sites for hydroxylation is 1. The molecule has 1 aromatic carbocycles. The van der Waals surface area contributed by atoms with Crippen LogP contribution in [0.1, 0.15) is 24.2 Å². The van der Waals surface area contributed by atoms with Gasteiger partial charge in [0.25, 0.3) is 0 Å². The number of ether oxygens (including phenoxy) is 1. The summed E-state index contributed by atoms with van der Waals surface area (Å²) >= 11 is 0. The summed E-state index contributed by atoms with van der Waals surface area (Å²) in [6, 6.07) is 6.92. The molecule has 4 heteroatoms. The number of carbonyl (C=O) groups is 2. The molecule has 0 amide bonds. The van der Waals surface area contributed by atoms with Gasteiger partial charge in [-0.15, -0.1) is 0 Å². The number of carbonyl (C=O) groups excluding carboxylic acids is 1. The molecule has 0 bridgehead atoms. The van der Waals surface area contributed by atoms with E-state index in [9.17, 15) is 9.59 Å². The Labute approximate surface area is 87.5 Å². The first kappa shape index (κ1) is 11.2. The molecule has 0 fully saturated rings. The van der Waals surface area contributed by atoms with Gasteiger partial charge in [0, 0.05) is 12.5 Å². The van der Waals surface area contributed by atoms with Crippen LogP contribution in [0.15, 0.2) is 24.3 Å². The number of carboxylic acids is 1. The Hall–Kier alpha value is -1.84. The number of hydrogen-bond acceptors (Lipinski definition) is 3. The molecule has 15 heavy (non-hydrogen) atoms. The van der Waals surface area contributed by atoms with Gasteiger partial charge in [-0.2, -0.15) is 0 Å². The molecular weight excluding hydrogens is 196 g/mol.